The molecule has 0 spiro atoms. The van der Waals surface area contributed by atoms with E-state index in [1.54, 1.807) is 34.9 Å². The minimum atomic E-state index is -0.816. The van der Waals surface area contributed by atoms with E-state index < -0.39 is 12.0 Å². The Morgan fingerprint density at radius 3 is 3.00 bits per heavy atom. The van der Waals surface area contributed by atoms with Crippen LogP contribution in [0.3, 0.4) is 0 Å². The summed E-state index contributed by atoms with van der Waals surface area (Å²) in [5, 5.41) is 18.3. The Labute approximate surface area is 91.5 Å². The molecule has 1 heterocycles. The number of nitrogens with zero attached hydrogens (tertiary/aromatic N) is 1. The number of rotatable bonds is 2. The highest BCUT2D eigenvalue weighted by molar-refractivity contribution is 7.99. The summed E-state index contributed by atoms with van der Waals surface area (Å²) in [6.07, 6.45) is 0. The molecule has 1 atom stereocenters. The Balaban J connectivity index is 2.26. The zero-order chi connectivity index (χ0) is 10.8. The maximum absolute atomic E-state index is 11.0. The van der Waals surface area contributed by atoms with Crippen LogP contribution in [-0.2, 0) is 4.79 Å². The Kier molecular flexibility index (Phi) is 2.73. The molecule has 0 aromatic heterocycles. The second kappa shape index (κ2) is 4.02. The summed E-state index contributed by atoms with van der Waals surface area (Å²) in [4.78, 5) is 12.7. The van der Waals surface area contributed by atoms with Gasteiger partial charge < -0.3 is 15.1 Å². The first-order chi connectivity index (χ1) is 7.18. The van der Waals surface area contributed by atoms with Gasteiger partial charge in [-0.15, -0.1) is 11.8 Å². The topological polar surface area (TPSA) is 60.8 Å². The van der Waals surface area contributed by atoms with E-state index in [2.05, 4.69) is 0 Å². The van der Waals surface area contributed by atoms with Gasteiger partial charge in [-0.2, -0.15) is 0 Å². The largest absolute Gasteiger partial charge is 0.508 e. The Morgan fingerprint density at radius 1 is 1.53 bits per heavy atom. The molecule has 2 N–H and O–H groups in total. The molecule has 2 rings (SSSR count). The molecule has 0 radical (unpaired) electrons. The van der Waals surface area contributed by atoms with Gasteiger partial charge in [0.2, 0.25) is 0 Å². The zero-order valence-electron chi connectivity index (χ0n) is 7.96. The summed E-state index contributed by atoms with van der Waals surface area (Å²) in [5.41, 5.74) is 0.757. The minimum absolute atomic E-state index is 0.161. The standard InChI is InChI=1S/C10H11NO3S/c12-8-3-1-2-7(4-8)11-6-15-5-9(11)10(13)14/h1-4,9,12H,5-6H2,(H,13,14)/t9-/m0/s1. The third-order valence-corrected chi connectivity index (χ3v) is 3.34. The molecule has 0 unspecified atom stereocenters. The predicted octanol–water partition coefficient (Wildman–Crippen LogP) is 1.36. The molecule has 0 aliphatic carbocycles. The van der Waals surface area contributed by atoms with Crippen molar-refractivity contribution in [1.29, 1.82) is 0 Å². The fourth-order valence-corrected chi connectivity index (χ4v) is 2.75. The smallest absolute Gasteiger partial charge is 0.327 e. The van der Waals surface area contributed by atoms with Crippen LogP contribution in [-0.4, -0.2) is 33.9 Å². The number of hydrogen-bond donors (Lipinski definition) is 2. The van der Waals surface area contributed by atoms with Crippen molar-refractivity contribution in [2.24, 2.45) is 0 Å². The molecular weight excluding hydrogens is 214 g/mol. The lowest BCUT2D eigenvalue weighted by Crippen LogP contribution is -2.37. The van der Waals surface area contributed by atoms with Crippen molar-refractivity contribution >= 4 is 23.4 Å². The van der Waals surface area contributed by atoms with Crippen LogP contribution in [0.4, 0.5) is 5.69 Å². The number of thioether (sulfide) groups is 1. The summed E-state index contributed by atoms with van der Waals surface area (Å²) < 4.78 is 0. The summed E-state index contributed by atoms with van der Waals surface area (Å²) in [6, 6.07) is 6.19. The summed E-state index contributed by atoms with van der Waals surface area (Å²) in [6.45, 7) is 0. The fourth-order valence-electron chi connectivity index (χ4n) is 1.57. The fraction of sp³-hybridized carbons (Fsp3) is 0.300. The number of carbonyl (C=O) groups is 1. The van der Waals surface area contributed by atoms with E-state index in [0.29, 0.717) is 11.6 Å². The van der Waals surface area contributed by atoms with Gasteiger partial charge in [-0.1, -0.05) is 6.07 Å². The second-order valence-electron chi connectivity index (χ2n) is 3.34. The van der Waals surface area contributed by atoms with Crippen molar-refractivity contribution < 1.29 is 15.0 Å². The first-order valence-corrected chi connectivity index (χ1v) is 5.70. The highest BCUT2D eigenvalue weighted by Crippen LogP contribution is 2.29. The Morgan fingerprint density at radius 2 is 2.33 bits per heavy atom. The van der Waals surface area contributed by atoms with Gasteiger partial charge in [0.25, 0.3) is 0 Å². The van der Waals surface area contributed by atoms with Crippen LogP contribution in [0, 0.1) is 0 Å². The van der Waals surface area contributed by atoms with Crippen molar-refractivity contribution in [2.45, 2.75) is 6.04 Å². The Bertz CT molecular complexity index is 383. The lowest BCUT2D eigenvalue weighted by Gasteiger charge is -2.22. The van der Waals surface area contributed by atoms with Crippen LogP contribution in [0.5, 0.6) is 5.75 Å². The number of aliphatic carboxylic acids is 1. The number of carboxylic acids is 1. The molecule has 80 valence electrons. The quantitative estimate of drug-likeness (QED) is 0.795. The van der Waals surface area contributed by atoms with Crippen LogP contribution < -0.4 is 4.90 Å². The number of carboxylic acid groups (broad SMARTS) is 1. The first kappa shape index (κ1) is 10.2. The van der Waals surface area contributed by atoms with E-state index in [1.165, 1.54) is 0 Å². The molecule has 4 nitrogen and oxygen atoms in total. The molecule has 0 saturated carbocycles. The van der Waals surface area contributed by atoms with E-state index in [9.17, 15) is 9.90 Å². The van der Waals surface area contributed by atoms with E-state index in [1.807, 2.05) is 6.07 Å². The minimum Gasteiger partial charge on any atom is -0.508 e. The third kappa shape index (κ3) is 2.02. The highest BCUT2D eigenvalue weighted by Gasteiger charge is 2.31. The second-order valence-corrected chi connectivity index (χ2v) is 4.34. The van der Waals surface area contributed by atoms with Crippen molar-refractivity contribution in [3.05, 3.63) is 24.3 Å². The number of benzene rings is 1. The van der Waals surface area contributed by atoms with Gasteiger partial charge in [0.15, 0.2) is 0 Å². The first-order valence-electron chi connectivity index (χ1n) is 4.55. The van der Waals surface area contributed by atoms with E-state index in [-0.39, 0.29) is 5.75 Å². The summed E-state index contributed by atoms with van der Waals surface area (Å²) in [5.74, 6) is 0.586. The Hall–Kier alpha value is -1.36. The number of anilines is 1. The molecule has 1 aliphatic heterocycles. The molecule has 1 saturated heterocycles. The average molecular weight is 225 g/mol. The van der Waals surface area contributed by atoms with Gasteiger partial charge in [0.05, 0.1) is 5.88 Å². The number of hydrogen-bond acceptors (Lipinski definition) is 4. The molecule has 1 aromatic rings. The van der Waals surface area contributed by atoms with Gasteiger partial charge >= 0.3 is 5.97 Å². The van der Waals surface area contributed by atoms with Gasteiger partial charge in [0, 0.05) is 17.5 Å². The number of aromatic hydroxyl groups is 1. The molecule has 15 heavy (non-hydrogen) atoms. The lowest BCUT2D eigenvalue weighted by atomic mass is 10.2. The third-order valence-electron chi connectivity index (χ3n) is 2.33. The SMILES string of the molecule is O=C(O)[C@@H]1CSCN1c1cccc(O)c1. The van der Waals surface area contributed by atoms with Crippen molar-refractivity contribution in [3.8, 4) is 5.75 Å². The molecule has 1 aliphatic rings. The van der Waals surface area contributed by atoms with Crippen LogP contribution in [0.25, 0.3) is 0 Å². The summed E-state index contributed by atoms with van der Waals surface area (Å²) >= 11 is 1.58. The average Bonchev–Trinajstić information content (AvgIpc) is 2.65. The zero-order valence-corrected chi connectivity index (χ0v) is 8.78. The lowest BCUT2D eigenvalue weighted by molar-refractivity contribution is -0.137. The molecule has 0 bridgehead atoms. The molecule has 5 heteroatoms. The van der Waals surface area contributed by atoms with E-state index >= 15 is 0 Å². The van der Waals surface area contributed by atoms with Gasteiger partial charge in [-0.05, 0) is 12.1 Å². The highest BCUT2D eigenvalue weighted by atomic mass is 32.2. The van der Waals surface area contributed by atoms with Crippen molar-refractivity contribution in [2.75, 3.05) is 16.5 Å². The molecule has 1 fully saturated rings. The van der Waals surface area contributed by atoms with Gasteiger partial charge in [0.1, 0.15) is 11.8 Å². The van der Waals surface area contributed by atoms with Crippen LogP contribution >= 0.6 is 11.8 Å². The summed E-state index contributed by atoms with van der Waals surface area (Å²) in [7, 11) is 0. The maximum atomic E-state index is 11.0. The molecule has 0 amide bonds. The van der Waals surface area contributed by atoms with Crippen LogP contribution in [0.1, 0.15) is 0 Å². The number of phenolic OH excluding ortho intramolecular Hbond substituents is 1. The normalized spacial score (nSPS) is 20.5. The van der Waals surface area contributed by atoms with Crippen molar-refractivity contribution in [1.82, 2.24) is 0 Å². The predicted molar refractivity (Wildman–Crippen MR) is 59.3 cm³/mol. The van der Waals surface area contributed by atoms with Crippen molar-refractivity contribution in [3.63, 3.8) is 0 Å². The maximum Gasteiger partial charge on any atom is 0.327 e. The monoisotopic (exact) mass is 225 g/mol. The molecule has 1 aromatic carbocycles. The number of phenols is 1. The van der Waals surface area contributed by atoms with Crippen LogP contribution in [0.2, 0.25) is 0 Å². The van der Waals surface area contributed by atoms with E-state index in [0.717, 1.165) is 5.69 Å². The van der Waals surface area contributed by atoms with Gasteiger partial charge in [-0.3, -0.25) is 0 Å². The van der Waals surface area contributed by atoms with Gasteiger partial charge in [-0.25, -0.2) is 4.79 Å². The van der Waals surface area contributed by atoms with Crippen LogP contribution in [0.15, 0.2) is 24.3 Å². The van der Waals surface area contributed by atoms with E-state index in [4.69, 9.17) is 5.11 Å². The molecular formula is C10H11NO3S.